The van der Waals surface area contributed by atoms with E-state index < -0.39 is 28.4 Å². The van der Waals surface area contributed by atoms with Crippen LogP contribution in [0.4, 0.5) is 5.69 Å². The van der Waals surface area contributed by atoms with Gasteiger partial charge in [-0.25, -0.2) is 18.6 Å². The lowest BCUT2D eigenvalue weighted by Gasteiger charge is -2.24. The quantitative estimate of drug-likeness (QED) is 0.171. The minimum Gasteiger partial charge on any atom is -0.482 e. The number of carbonyl (C=O) groups is 2. The number of methoxy groups -OCH3 is 1. The van der Waals surface area contributed by atoms with Gasteiger partial charge < -0.3 is 9.47 Å². The predicted molar refractivity (Wildman–Crippen MR) is 144 cm³/mol. The first-order valence-corrected chi connectivity index (χ1v) is 13.7. The summed E-state index contributed by atoms with van der Waals surface area (Å²) in [4.78, 5) is 24.9. The summed E-state index contributed by atoms with van der Waals surface area (Å²) in [6.07, 6.45) is 3.31. The smallest absolute Gasteiger partial charge is 0.343 e. The highest BCUT2D eigenvalue weighted by molar-refractivity contribution is 7.98. The first kappa shape index (κ1) is 27.8. The maximum Gasteiger partial charge on any atom is 0.343 e. The minimum atomic E-state index is -4.02. The third-order valence-electron chi connectivity index (χ3n) is 5.12. The van der Waals surface area contributed by atoms with Crippen molar-refractivity contribution in [2.24, 2.45) is 5.10 Å². The van der Waals surface area contributed by atoms with Gasteiger partial charge in [-0.05, 0) is 79.4 Å². The molecule has 3 aromatic carbocycles. The summed E-state index contributed by atoms with van der Waals surface area (Å²) in [5, 5.41) is 3.93. The Morgan fingerprint density at radius 3 is 2.24 bits per heavy atom. The van der Waals surface area contributed by atoms with Crippen LogP contribution in [0.15, 0.2) is 87.7 Å². The fraction of sp³-hybridized carbons (Fsp3) is 0.192. The Kier molecular flexibility index (Phi) is 9.70. The molecule has 3 aromatic rings. The van der Waals surface area contributed by atoms with Crippen molar-refractivity contribution in [2.75, 3.05) is 30.8 Å². The number of thioether (sulfide) groups is 1. The molecule has 0 saturated carbocycles. The van der Waals surface area contributed by atoms with E-state index in [1.165, 1.54) is 37.2 Å². The zero-order valence-electron chi connectivity index (χ0n) is 20.6. The second-order valence-corrected chi connectivity index (χ2v) is 10.5. The molecular weight excluding hydrogens is 514 g/mol. The SMILES string of the molecule is COC(=O)COc1ccc(/C=N\NC(=O)CN(c2ccc(C)cc2)S(=O)(=O)c2ccc(SC)cc2)cc1. The highest BCUT2D eigenvalue weighted by atomic mass is 32.2. The van der Waals surface area contributed by atoms with Crippen molar-refractivity contribution in [1.82, 2.24) is 5.43 Å². The number of hydrogen-bond acceptors (Lipinski definition) is 8. The largest absolute Gasteiger partial charge is 0.482 e. The number of ether oxygens (including phenoxy) is 2. The van der Waals surface area contributed by atoms with Crippen LogP contribution in [0.25, 0.3) is 0 Å². The highest BCUT2D eigenvalue weighted by Crippen LogP contribution is 2.25. The van der Waals surface area contributed by atoms with Gasteiger partial charge in [-0.3, -0.25) is 9.10 Å². The molecular formula is C26H27N3O6S2. The molecule has 0 aromatic heterocycles. The zero-order chi connectivity index (χ0) is 26.8. The number of sulfonamides is 1. The van der Waals surface area contributed by atoms with Crippen molar-refractivity contribution < 1.29 is 27.5 Å². The van der Waals surface area contributed by atoms with Gasteiger partial charge in [0.25, 0.3) is 15.9 Å². The van der Waals surface area contributed by atoms with E-state index in [1.807, 2.05) is 13.2 Å². The van der Waals surface area contributed by atoms with Crippen molar-refractivity contribution in [1.29, 1.82) is 0 Å². The Bertz CT molecular complexity index is 1340. The van der Waals surface area contributed by atoms with Crippen molar-refractivity contribution in [2.45, 2.75) is 16.7 Å². The molecule has 37 heavy (non-hydrogen) atoms. The summed E-state index contributed by atoms with van der Waals surface area (Å²) >= 11 is 1.50. The Hall–Kier alpha value is -3.83. The summed E-state index contributed by atoms with van der Waals surface area (Å²) in [5.74, 6) is -0.637. The van der Waals surface area contributed by atoms with Gasteiger partial charge in [0.2, 0.25) is 0 Å². The second-order valence-electron chi connectivity index (χ2n) is 7.75. The van der Waals surface area contributed by atoms with E-state index in [2.05, 4.69) is 15.3 Å². The van der Waals surface area contributed by atoms with E-state index in [0.29, 0.717) is 17.0 Å². The van der Waals surface area contributed by atoms with Gasteiger partial charge in [-0.1, -0.05) is 17.7 Å². The standard InChI is InChI=1S/C26H27N3O6S2/c1-19-4-8-21(9-5-19)29(37(32,33)24-14-12-23(36-3)13-15-24)17-25(30)28-27-16-20-6-10-22(11-7-20)35-18-26(31)34-2/h4-16H,17-18H2,1-3H3,(H,28,30)/b27-16-. The number of esters is 1. The van der Waals surface area contributed by atoms with Crippen molar-refractivity contribution >= 4 is 45.6 Å². The molecule has 0 aliphatic rings. The van der Waals surface area contributed by atoms with Crippen LogP contribution in [-0.2, 0) is 24.3 Å². The first-order valence-electron chi connectivity index (χ1n) is 11.1. The molecule has 11 heteroatoms. The minimum absolute atomic E-state index is 0.0803. The number of hydrogen-bond donors (Lipinski definition) is 1. The highest BCUT2D eigenvalue weighted by Gasteiger charge is 2.27. The van der Waals surface area contributed by atoms with Gasteiger partial charge in [-0.15, -0.1) is 11.8 Å². The number of nitrogens with zero attached hydrogens (tertiary/aromatic N) is 2. The average molecular weight is 542 g/mol. The lowest BCUT2D eigenvalue weighted by molar-refractivity contribution is -0.142. The van der Waals surface area contributed by atoms with Crippen molar-refractivity contribution in [3.63, 3.8) is 0 Å². The normalized spacial score (nSPS) is 11.2. The van der Waals surface area contributed by atoms with Gasteiger partial charge >= 0.3 is 5.97 Å². The molecule has 0 radical (unpaired) electrons. The molecule has 3 rings (SSSR count). The summed E-state index contributed by atoms with van der Waals surface area (Å²) in [5.41, 5.74) is 4.35. The average Bonchev–Trinajstić information content (AvgIpc) is 2.91. The van der Waals surface area contributed by atoms with Crippen LogP contribution in [0.3, 0.4) is 0 Å². The number of hydrazone groups is 1. The number of aryl methyl sites for hydroxylation is 1. The lowest BCUT2D eigenvalue weighted by atomic mass is 10.2. The number of amides is 1. The fourth-order valence-electron chi connectivity index (χ4n) is 3.10. The lowest BCUT2D eigenvalue weighted by Crippen LogP contribution is -2.39. The fourth-order valence-corrected chi connectivity index (χ4v) is 4.93. The molecule has 0 unspecified atom stereocenters. The van der Waals surface area contributed by atoms with Crippen LogP contribution in [0.2, 0.25) is 0 Å². The van der Waals surface area contributed by atoms with E-state index in [4.69, 9.17) is 4.74 Å². The summed E-state index contributed by atoms with van der Waals surface area (Å²) in [7, 11) is -2.74. The second kappa shape index (κ2) is 12.9. The third-order valence-corrected chi connectivity index (χ3v) is 7.66. The van der Waals surface area contributed by atoms with E-state index in [0.717, 1.165) is 14.8 Å². The monoisotopic (exact) mass is 541 g/mol. The Morgan fingerprint density at radius 1 is 1.00 bits per heavy atom. The predicted octanol–water partition coefficient (Wildman–Crippen LogP) is 3.61. The maximum atomic E-state index is 13.5. The Labute approximate surface area is 220 Å². The number of benzene rings is 3. The van der Waals surface area contributed by atoms with Crippen LogP contribution < -0.4 is 14.5 Å². The topological polar surface area (TPSA) is 114 Å². The molecule has 1 amide bonds. The van der Waals surface area contributed by atoms with Crippen molar-refractivity contribution in [3.8, 4) is 5.75 Å². The van der Waals surface area contributed by atoms with Crippen LogP contribution in [0, 0.1) is 6.92 Å². The van der Waals surface area contributed by atoms with E-state index >= 15 is 0 Å². The molecule has 0 fully saturated rings. The van der Waals surface area contributed by atoms with Crippen molar-refractivity contribution in [3.05, 3.63) is 83.9 Å². The maximum absolute atomic E-state index is 13.5. The molecule has 0 atom stereocenters. The summed E-state index contributed by atoms with van der Waals surface area (Å²) < 4.78 is 37.8. The number of anilines is 1. The summed E-state index contributed by atoms with van der Waals surface area (Å²) in [6.45, 7) is 1.22. The van der Waals surface area contributed by atoms with Crippen LogP contribution in [0.5, 0.6) is 5.75 Å². The molecule has 0 aliphatic heterocycles. The number of rotatable bonds is 11. The molecule has 0 saturated heterocycles. The van der Waals surface area contributed by atoms with Gasteiger partial charge in [0.15, 0.2) is 6.61 Å². The molecule has 9 nitrogen and oxygen atoms in total. The van der Waals surface area contributed by atoms with Gasteiger partial charge in [0.1, 0.15) is 12.3 Å². The van der Waals surface area contributed by atoms with E-state index in [-0.39, 0.29) is 11.5 Å². The van der Waals surface area contributed by atoms with E-state index in [9.17, 15) is 18.0 Å². The summed E-state index contributed by atoms with van der Waals surface area (Å²) in [6, 6.07) is 20.0. The van der Waals surface area contributed by atoms with Gasteiger partial charge in [-0.2, -0.15) is 5.10 Å². The Balaban J connectivity index is 1.71. The molecule has 0 aliphatic carbocycles. The molecule has 0 bridgehead atoms. The van der Waals surface area contributed by atoms with Gasteiger partial charge in [0.05, 0.1) is 23.9 Å². The molecule has 0 spiro atoms. The first-order chi connectivity index (χ1) is 17.7. The molecule has 194 valence electrons. The number of nitrogens with one attached hydrogen (secondary N) is 1. The third kappa shape index (κ3) is 7.83. The zero-order valence-corrected chi connectivity index (χ0v) is 22.2. The van der Waals surface area contributed by atoms with Crippen LogP contribution in [-0.4, -0.2) is 53.0 Å². The van der Waals surface area contributed by atoms with Crippen LogP contribution >= 0.6 is 11.8 Å². The molecule has 0 heterocycles. The van der Waals surface area contributed by atoms with Gasteiger partial charge in [0, 0.05) is 4.90 Å². The van der Waals surface area contributed by atoms with E-state index in [1.54, 1.807) is 60.7 Å². The van der Waals surface area contributed by atoms with Crippen LogP contribution in [0.1, 0.15) is 11.1 Å². The Morgan fingerprint density at radius 2 is 1.65 bits per heavy atom. The molecule has 1 N–H and O–H groups in total. The number of carbonyl (C=O) groups excluding carboxylic acids is 2.